The second-order valence-electron chi connectivity index (χ2n) is 4.80. The van der Waals surface area contributed by atoms with E-state index in [2.05, 4.69) is 11.6 Å². The molecule has 23 heavy (non-hydrogen) atoms. The first-order valence-corrected chi connectivity index (χ1v) is 8.63. The van der Waals surface area contributed by atoms with Gasteiger partial charge in [-0.25, -0.2) is 4.98 Å². The molecule has 0 aliphatic carbocycles. The van der Waals surface area contributed by atoms with Gasteiger partial charge in [-0.3, -0.25) is 9.36 Å². The number of benzene rings is 1. The first-order valence-electron chi connectivity index (χ1n) is 6.65. The molecule has 0 unspecified atom stereocenters. The van der Waals surface area contributed by atoms with Gasteiger partial charge in [0.1, 0.15) is 11.0 Å². The van der Waals surface area contributed by atoms with Crippen molar-refractivity contribution in [3.05, 3.63) is 67.1 Å². The molecule has 3 aromatic rings. The summed E-state index contributed by atoms with van der Waals surface area (Å²) < 4.78 is 4.38. The Morgan fingerprint density at radius 2 is 2.04 bits per heavy atom. The van der Waals surface area contributed by atoms with E-state index in [-0.39, 0.29) is 12.1 Å². The van der Waals surface area contributed by atoms with Crippen molar-refractivity contribution >= 4 is 57.1 Å². The van der Waals surface area contributed by atoms with Crippen LogP contribution in [0, 0.1) is 3.95 Å². The third-order valence-corrected chi connectivity index (χ3v) is 5.48. The lowest BCUT2D eigenvalue weighted by atomic mass is 10.2. The number of rotatable bonds is 4. The Bertz CT molecular complexity index is 999. The number of halogens is 2. The molecule has 2 aromatic heterocycles. The molecule has 0 saturated carbocycles. The lowest BCUT2D eigenvalue weighted by Crippen LogP contribution is -2.21. The average Bonchev–Trinajstić information content (AvgIpc) is 2.83. The molecule has 0 radical (unpaired) electrons. The smallest absolute Gasteiger partial charge is 0.273 e. The van der Waals surface area contributed by atoms with Crippen LogP contribution >= 0.6 is 46.8 Å². The van der Waals surface area contributed by atoms with Gasteiger partial charge in [-0.1, -0.05) is 46.7 Å². The highest BCUT2D eigenvalue weighted by Gasteiger charge is 2.13. The predicted octanol–water partition coefficient (Wildman–Crippen LogP) is 4.53. The van der Waals surface area contributed by atoms with Gasteiger partial charge in [-0.05, 0) is 24.4 Å². The Morgan fingerprint density at radius 1 is 1.35 bits per heavy atom. The Labute approximate surface area is 151 Å². The van der Waals surface area contributed by atoms with Gasteiger partial charge < -0.3 is 4.57 Å². The lowest BCUT2D eigenvalue weighted by molar-refractivity contribution is 0.741. The number of fused-ring (bicyclic) bond motifs is 1. The maximum absolute atomic E-state index is 12.7. The van der Waals surface area contributed by atoms with E-state index in [0.29, 0.717) is 36.5 Å². The Balaban J connectivity index is 2.14. The fraction of sp³-hybridized carbons (Fsp3) is 0.133. The summed E-state index contributed by atoms with van der Waals surface area (Å²) in [6.07, 6.45) is 3.21. The molecule has 0 fully saturated rings. The Kier molecular flexibility index (Phi) is 4.68. The molecule has 0 N–H and O–H groups in total. The van der Waals surface area contributed by atoms with E-state index in [1.807, 2.05) is 0 Å². The summed E-state index contributed by atoms with van der Waals surface area (Å²) in [5.74, 6) is 0. The normalized spacial score (nSPS) is 11.0. The molecule has 4 nitrogen and oxygen atoms in total. The first kappa shape index (κ1) is 16.4. The van der Waals surface area contributed by atoms with E-state index in [9.17, 15) is 4.79 Å². The molecule has 0 saturated heterocycles. The van der Waals surface area contributed by atoms with Gasteiger partial charge in [0.25, 0.3) is 5.56 Å². The highest BCUT2D eigenvalue weighted by atomic mass is 35.5. The lowest BCUT2D eigenvalue weighted by Gasteiger charge is -2.09. The van der Waals surface area contributed by atoms with Gasteiger partial charge in [0.05, 0.1) is 6.54 Å². The summed E-state index contributed by atoms with van der Waals surface area (Å²) in [6, 6.07) is 5.24. The van der Waals surface area contributed by atoms with Gasteiger partial charge >= 0.3 is 0 Å². The van der Waals surface area contributed by atoms with E-state index in [1.165, 1.54) is 22.2 Å². The molecule has 0 amide bonds. The summed E-state index contributed by atoms with van der Waals surface area (Å²) in [6.45, 7) is 4.47. The van der Waals surface area contributed by atoms with Crippen molar-refractivity contribution in [1.29, 1.82) is 0 Å². The van der Waals surface area contributed by atoms with Crippen LogP contribution < -0.4 is 5.56 Å². The van der Waals surface area contributed by atoms with Crippen molar-refractivity contribution in [3.63, 3.8) is 0 Å². The SMILES string of the molecule is C=CCn1c(=S)sc2c(=O)n(Cc3c(Cl)cccc3Cl)cnc21. The standard InChI is InChI=1S/C15H11Cl2N3OS2/c1-2-6-20-13-12(23-15(20)22)14(21)19(8-18-13)7-9-10(16)4-3-5-11(9)17/h2-5,8H,1,6-7H2. The van der Waals surface area contributed by atoms with Gasteiger partial charge in [0.2, 0.25) is 0 Å². The van der Waals surface area contributed by atoms with Crippen molar-refractivity contribution in [3.8, 4) is 0 Å². The van der Waals surface area contributed by atoms with Gasteiger partial charge in [0.15, 0.2) is 9.60 Å². The summed E-state index contributed by atoms with van der Waals surface area (Å²) in [4.78, 5) is 17.1. The quantitative estimate of drug-likeness (QED) is 0.490. The fourth-order valence-corrected chi connectivity index (χ4v) is 4.06. The van der Waals surface area contributed by atoms with Crippen LogP contribution in [0.25, 0.3) is 10.3 Å². The Hall–Kier alpha value is -1.47. The number of aromatic nitrogens is 3. The topological polar surface area (TPSA) is 39.8 Å². The average molecular weight is 384 g/mol. The monoisotopic (exact) mass is 383 g/mol. The number of hydrogen-bond acceptors (Lipinski definition) is 4. The largest absolute Gasteiger partial charge is 0.304 e. The summed E-state index contributed by atoms with van der Waals surface area (Å²) >= 11 is 18.9. The molecule has 3 rings (SSSR count). The van der Waals surface area contributed by atoms with E-state index in [0.717, 1.165) is 0 Å². The molecule has 0 atom stereocenters. The van der Waals surface area contributed by atoms with Crippen LogP contribution in [-0.2, 0) is 13.1 Å². The van der Waals surface area contributed by atoms with E-state index in [4.69, 9.17) is 35.4 Å². The highest BCUT2D eigenvalue weighted by molar-refractivity contribution is 7.73. The number of thiazole rings is 1. The number of hydrogen-bond donors (Lipinski definition) is 0. The van der Waals surface area contributed by atoms with Gasteiger partial charge in [0, 0.05) is 22.2 Å². The molecule has 8 heteroatoms. The summed E-state index contributed by atoms with van der Waals surface area (Å²) in [7, 11) is 0. The van der Waals surface area contributed by atoms with Crippen molar-refractivity contribution in [2.75, 3.05) is 0 Å². The Morgan fingerprint density at radius 3 is 2.70 bits per heavy atom. The minimum absolute atomic E-state index is 0.162. The second kappa shape index (κ2) is 6.57. The predicted molar refractivity (Wildman–Crippen MR) is 98.5 cm³/mol. The number of nitrogens with zero attached hydrogens (tertiary/aromatic N) is 3. The zero-order valence-corrected chi connectivity index (χ0v) is 15.0. The van der Waals surface area contributed by atoms with Gasteiger partial charge in [-0.15, -0.1) is 6.58 Å². The van der Waals surface area contributed by atoms with Crippen molar-refractivity contribution in [1.82, 2.24) is 14.1 Å². The van der Waals surface area contributed by atoms with E-state index < -0.39 is 0 Å². The van der Waals surface area contributed by atoms with Crippen molar-refractivity contribution < 1.29 is 0 Å². The maximum atomic E-state index is 12.7. The molecule has 2 heterocycles. The van der Waals surface area contributed by atoms with Crippen LogP contribution in [0.15, 0.2) is 42.0 Å². The zero-order chi connectivity index (χ0) is 16.6. The molecule has 0 aliphatic rings. The molecular formula is C15H11Cl2N3OS2. The van der Waals surface area contributed by atoms with Crippen LogP contribution in [0.5, 0.6) is 0 Å². The first-order chi connectivity index (χ1) is 11.0. The van der Waals surface area contributed by atoms with Crippen LogP contribution in [0.4, 0.5) is 0 Å². The molecule has 118 valence electrons. The maximum Gasteiger partial charge on any atom is 0.273 e. The number of allylic oxidation sites excluding steroid dienone is 1. The van der Waals surface area contributed by atoms with Crippen LogP contribution in [-0.4, -0.2) is 14.1 Å². The van der Waals surface area contributed by atoms with Crippen molar-refractivity contribution in [2.45, 2.75) is 13.1 Å². The third kappa shape index (κ3) is 2.99. The minimum atomic E-state index is -0.162. The van der Waals surface area contributed by atoms with Crippen LogP contribution in [0.1, 0.15) is 5.56 Å². The molecule has 1 aromatic carbocycles. The van der Waals surface area contributed by atoms with Crippen LogP contribution in [0.2, 0.25) is 10.0 Å². The van der Waals surface area contributed by atoms with E-state index in [1.54, 1.807) is 28.8 Å². The molecule has 0 spiro atoms. The van der Waals surface area contributed by atoms with Crippen molar-refractivity contribution in [2.24, 2.45) is 0 Å². The zero-order valence-electron chi connectivity index (χ0n) is 11.8. The van der Waals surface area contributed by atoms with E-state index >= 15 is 0 Å². The molecular weight excluding hydrogens is 373 g/mol. The molecule has 0 aliphatic heterocycles. The second-order valence-corrected chi connectivity index (χ2v) is 7.26. The minimum Gasteiger partial charge on any atom is -0.304 e. The fourth-order valence-electron chi connectivity index (χ4n) is 2.23. The molecule has 0 bridgehead atoms. The van der Waals surface area contributed by atoms with Gasteiger partial charge in [-0.2, -0.15) is 0 Å². The van der Waals surface area contributed by atoms with Crippen LogP contribution in [0.3, 0.4) is 0 Å². The highest BCUT2D eigenvalue weighted by Crippen LogP contribution is 2.25. The summed E-state index contributed by atoms with van der Waals surface area (Å²) in [5, 5.41) is 1.03. The third-order valence-electron chi connectivity index (χ3n) is 3.34. The summed E-state index contributed by atoms with van der Waals surface area (Å²) in [5.41, 5.74) is 1.10.